The largest absolute Gasteiger partial charge is 0.496 e. The van der Waals surface area contributed by atoms with Crippen molar-refractivity contribution in [3.05, 3.63) is 35.9 Å². The Labute approximate surface area is 106 Å². The molecule has 1 unspecified atom stereocenters. The zero-order valence-electron chi connectivity index (χ0n) is 10.4. The Morgan fingerprint density at radius 3 is 2.83 bits per heavy atom. The van der Waals surface area contributed by atoms with Crippen molar-refractivity contribution in [1.29, 1.82) is 0 Å². The molecular formula is C14H15NO3. The third kappa shape index (κ3) is 1.90. The molecular weight excluding hydrogens is 230 g/mol. The summed E-state index contributed by atoms with van der Waals surface area (Å²) in [5.41, 5.74) is 0.516. The molecule has 1 aliphatic heterocycles. The zero-order valence-corrected chi connectivity index (χ0v) is 10.4. The molecule has 1 aliphatic rings. The van der Waals surface area contributed by atoms with Crippen molar-refractivity contribution in [2.45, 2.75) is 6.92 Å². The van der Waals surface area contributed by atoms with E-state index >= 15 is 0 Å². The van der Waals surface area contributed by atoms with E-state index in [-0.39, 0.29) is 6.54 Å². The maximum atomic E-state index is 11.5. The average molecular weight is 245 g/mol. The molecule has 1 heterocycles. The lowest BCUT2D eigenvalue weighted by molar-refractivity contribution is -0.144. The third-order valence-electron chi connectivity index (χ3n) is 3.22. The van der Waals surface area contributed by atoms with Crippen LogP contribution in [0.3, 0.4) is 0 Å². The predicted molar refractivity (Wildman–Crippen MR) is 70.1 cm³/mol. The molecule has 4 nitrogen and oxygen atoms in total. The van der Waals surface area contributed by atoms with Gasteiger partial charge in [-0.05, 0) is 24.6 Å². The molecule has 0 aromatic heterocycles. The Balaban J connectivity index is 2.57. The van der Waals surface area contributed by atoms with E-state index in [1.165, 1.54) is 0 Å². The molecule has 0 fully saturated rings. The number of dihydropyridines is 1. The van der Waals surface area contributed by atoms with E-state index in [9.17, 15) is 9.90 Å². The fraction of sp³-hybridized carbons (Fsp3) is 0.286. The molecule has 2 rings (SSSR count). The van der Waals surface area contributed by atoms with Gasteiger partial charge in [0, 0.05) is 11.8 Å². The number of carboxylic acids is 1. The van der Waals surface area contributed by atoms with E-state index in [1.807, 2.05) is 24.3 Å². The number of aliphatic imine (C=N–C) groups is 1. The predicted octanol–water partition coefficient (Wildman–Crippen LogP) is 2.25. The molecule has 0 saturated heterocycles. The van der Waals surface area contributed by atoms with Crippen LogP contribution < -0.4 is 4.74 Å². The summed E-state index contributed by atoms with van der Waals surface area (Å²) in [7, 11) is 1.58. The highest BCUT2D eigenvalue weighted by molar-refractivity contribution is 6.00. The van der Waals surface area contributed by atoms with E-state index in [4.69, 9.17) is 4.74 Å². The van der Waals surface area contributed by atoms with Crippen LogP contribution in [0.2, 0.25) is 0 Å². The molecule has 1 N–H and O–H groups in total. The first-order valence-electron chi connectivity index (χ1n) is 5.67. The maximum absolute atomic E-state index is 11.5. The van der Waals surface area contributed by atoms with Crippen molar-refractivity contribution in [3.63, 3.8) is 0 Å². The van der Waals surface area contributed by atoms with Crippen molar-refractivity contribution >= 4 is 17.8 Å². The van der Waals surface area contributed by atoms with Crippen LogP contribution >= 0.6 is 0 Å². The normalized spacial score (nSPS) is 22.4. The highest BCUT2D eigenvalue weighted by Gasteiger charge is 2.39. The van der Waals surface area contributed by atoms with Crippen molar-refractivity contribution in [1.82, 2.24) is 0 Å². The van der Waals surface area contributed by atoms with E-state index in [0.717, 1.165) is 11.1 Å². The van der Waals surface area contributed by atoms with Crippen LogP contribution in [0.25, 0.3) is 5.57 Å². The quantitative estimate of drug-likeness (QED) is 0.888. The van der Waals surface area contributed by atoms with Crippen molar-refractivity contribution in [2.24, 2.45) is 10.4 Å². The second-order valence-electron chi connectivity index (χ2n) is 4.41. The van der Waals surface area contributed by atoms with Crippen LogP contribution in [0, 0.1) is 5.41 Å². The summed E-state index contributed by atoms with van der Waals surface area (Å²) >= 11 is 0. The van der Waals surface area contributed by atoms with Crippen LogP contribution in [-0.4, -0.2) is 30.9 Å². The lowest BCUT2D eigenvalue weighted by Gasteiger charge is -2.29. The second-order valence-corrected chi connectivity index (χ2v) is 4.41. The molecule has 1 aromatic rings. The number of carbonyl (C=O) groups is 1. The number of ether oxygens (including phenoxy) is 1. The van der Waals surface area contributed by atoms with Gasteiger partial charge in [0.1, 0.15) is 11.2 Å². The highest BCUT2D eigenvalue weighted by Crippen LogP contribution is 2.40. The molecule has 94 valence electrons. The first kappa shape index (κ1) is 12.4. The standard InChI is InChI=1S/C14H15NO3/c1-14(13(16)17)9-15-8-7-11(14)10-5-3-4-6-12(10)18-2/h3-8H,9H2,1-2H3,(H,16,17). The third-order valence-corrected chi connectivity index (χ3v) is 3.22. The number of hydrogen-bond acceptors (Lipinski definition) is 3. The van der Waals surface area contributed by atoms with Crippen molar-refractivity contribution < 1.29 is 14.6 Å². The number of methoxy groups -OCH3 is 1. The molecule has 0 radical (unpaired) electrons. The lowest BCUT2D eigenvalue weighted by atomic mass is 9.77. The van der Waals surface area contributed by atoms with Crippen LogP contribution in [0.4, 0.5) is 0 Å². The number of aliphatic carboxylic acids is 1. The summed E-state index contributed by atoms with van der Waals surface area (Å²) < 4.78 is 5.29. The molecule has 18 heavy (non-hydrogen) atoms. The van der Waals surface area contributed by atoms with E-state index in [0.29, 0.717) is 5.75 Å². The van der Waals surface area contributed by atoms with Gasteiger partial charge in [-0.3, -0.25) is 9.79 Å². The van der Waals surface area contributed by atoms with Crippen molar-refractivity contribution in [3.8, 4) is 5.75 Å². The molecule has 0 bridgehead atoms. The van der Waals surface area contributed by atoms with Gasteiger partial charge < -0.3 is 9.84 Å². The maximum Gasteiger partial charge on any atom is 0.315 e. The minimum absolute atomic E-state index is 0.242. The SMILES string of the molecule is COc1ccccc1C1=CC=NCC1(C)C(=O)O. The highest BCUT2D eigenvalue weighted by atomic mass is 16.5. The zero-order chi connectivity index (χ0) is 13.2. The lowest BCUT2D eigenvalue weighted by Crippen LogP contribution is -2.34. The molecule has 1 aromatic carbocycles. The second kappa shape index (κ2) is 4.64. The number of allylic oxidation sites excluding steroid dienone is 1. The number of nitrogens with zero attached hydrogens (tertiary/aromatic N) is 1. The van der Waals surface area contributed by atoms with Gasteiger partial charge in [-0.2, -0.15) is 0 Å². The van der Waals surface area contributed by atoms with Crippen LogP contribution in [0.15, 0.2) is 35.3 Å². The minimum Gasteiger partial charge on any atom is -0.496 e. The van der Waals surface area contributed by atoms with E-state index < -0.39 is 11.4 Å². The Morgan fingerprint density at radius 1 is 1.44 bits per heavy atom. The van der Waals surface area contributed by atoms with Gasteiger partial charge in [0.05, 0.1) is 13.7 Å². The first-order valence-corrected chi connectivity index (χ1v) is 5.67. The molecule has 0 saturated carbocycles. The van der Waals surface area contributed by atoms with Gasteiger partial charge in [-0.1, -0.05) is 18.2 Å². The fourth-order valence-electron chi connectivity index (χ4n) is 2.07. The van der Waals surface area contributed by atoms with Gasteiger partial charge in [-0.15, -0.1) is 0 Å². The summed E-state index contributed by atoms with van der Waals surface area (Å²) in [5.74, 6) is -0.206. The number of carboxylic acid groups (broad SMARTS) is 1. The summed E-state index contributed by atoms with van der Waals surface area (Å²) in [6.45, 7) is 1.93. The topological polar surface area (TPSA) is 58.9 Å². The summed E-state index contributed by atoms with van der Waals surface area (Å²) in [4.78, 5) is 15.6. The van der Waals surface area contributed by atoms with Gasteiger partial charge in [0.2, 0.25) is 0 Å². The van der Waals surface area contributed by atoms with Crippen molar-refractivity contribution in [2.75, 3.05) is 13.7 Å². The fourth-order valence-corrected chi connectivity index (χ4v) is 2.07. The summed E-state index contributed by atoms with van der Waals surface area (Å²) in [5, 5.41) is 9.44. The minimum atomic E-state index is -1.01. The molecule has 0 amide bonds. The summed E-state index contributed by atoms with van der Waals surface area (Å²) in [6.07, 6.45) is 3.39. The first-order chi connectivity index (χ1) is 8.59. The Kier molecular flexibility index (Phi) is 3.19. The number of para-hydroxylation sites is 1. The average Bonchev–Trinajstić information content (AvgIpc) is 2.39. The van der Waals surface area contributed by atoms with Crippen LogP contribution in [0.5, 0.6) is 5.75 Å². The van der Waals surface area contributed by atoms with Gasteiger partial charge in [0.25, 0.3) is 0 Å². The van der Waals surface area contributed by atoms with Gasteiger partial charge in [-0.25, -0.2) is 0 Å². The Hall–Kier alpha value is -2.10. The number of rotatable bonds is 3. The molecule has 0 spiro atoms. The monoisotopic (exact) mass is 245 g/mol. The van der Waals surface area contributed by atoms with Crippen LogP contribution in [-0.2, 0) is 4.79 Å². The number of benzene rings is 1. The smallest absolute Gasteiger partial charge is 0.315 e. The Bertz CT molecular complexity index is 534. The Morgan fingerprint density at radius 2 is 2.17 bits per heavy atom. The van der Waals surface area contributed by atoms with E-state index in [2.05, 4.69) is 4.99 Å². The van der Waals surface area contributed by atoms with Gasteiger partial charge in [0.15, 0.2) is 0 Å². The summed E-state index contributed by atoms with van der Waals surface area (Å²) in [6, 6.07) is 7.42. The molecule has 1 atom stereocenters. The molecule has 0 aliphatic carbocycles. The number of hydrogen-bond donors (Lipinski definition) is 1. The van der Waals surface area contributed by atoms with E-state index in [1.54, 1.807) is 26.3 Å². The van der Waals surface area contributed by atoms with Gasteiger partial charge >= 0.3 is 5.97 Å². The van der Waals surface area contributed by atoms with Crippen LogP contribution in [0.1, 0.15) is 12.5 Å². The molecule has 4 heteroatoms.